The predicted octanol–water partition coefficient (Wildman–Crippen LogP) is 1.54. The van der Waals surface area contributed by atoms with Gasteiger partial charge in [-0.15, -0.1) is 0 Å². The van der Waals surface area contributed by atoms with E-state index in [0.717, 1.165) is 0 Å². The van der Waals surface area contributed by atoms with E-state index in [-0.39, 0.29) is 11.9 Å². The van der Waals surface area contributed by atoms with Crippen LogP contribution in [-0.4, -0.2) is 23.7 Å². The Kier molecular flexibility index (Phi) is 5.98. The first kappa shape index (κ1) is 11.6. The van der Waals surface area contributed by atoms with Crippen molar-refractivity contribution in [2.75, 3.05) is 6.61 Å². The van der Waals surface area contributed by atoms with Gasteiger partial charge in [-0.3, -0.25) is 4.79 Å². The van der Waals surface area contributed by atoms with Gasteiger partial charge in [0, 0.05) is 0 Å². The number of esters is 1. The molecule has 12 heavy (non-hydrogen) atoms. The summed E-state index contributed by atoms with van der Waals surface area (Å²) in [7, 11) is 0. The molecule has 0 aliphatic rings. The molecule has 0 amide bonds. The lowest BCUT2D eigenvalue weighted by Gasteiger charge is -2.14. The van der Waals surface area contributed by atoms with Crippen molar-refractivity contribution >= 4 is 28.2 Å². The van der Waals surface area contributed by atoms with Crippen molar-refractivity contribution in [2.24, 2.45) is 5.92 Å². The highest BCUT2D eigenvalue weighted by Gasteiger charge is 2.25. The molecular formula is C8H13BrO3. The molecule has 0 spiro atoms. The lowest BCUT2D eigenvalue weighted by Crippen LogP contribution is -2.26. The number of ether oxygens (including phenoxy) is 1. The van der Waals surface area contributed by atoms with E-state index in [4.69, 9.17) is 4.74 Å². The van der Waals surface area contributed by atoms with Gasteiger partial charge in [-0.2, -0.15) is 0 Å². The van der Waals surface area contributed by atoms with E-state index >= 15 is 0 Å². The van der Waals surface area contributed by atoms with E-state index in [9.17, 15) is 9.59 Å². The topological polar surface area (TPSA) is 43.4 Å². The van der Waals surface area contributed by atoms with Gasteiger partial charge in [-0.25, -0.2) is 0 Å². The minimum atomic E-state index is -0.429. The SMILES string of the molecule is CCOC(=O)C(CC)C(Br)C=O. The second-order valence-corrected chi connectivity index (χ2v) is 3.40. The summed E-state index contributed by atoms with van der Waals surface area (Å²) in [5, 5.41) is 0. The zero-order chi connectivity index (χ0) is 9.56. The molecule has 2 atom stereocenters. The summed E-state index contributed by atoms with van der Waals surface area (Å²) >= 11 is 3.11. The minimum Gasteiger partial charge on any atom is -0.466 e. The van der Waals surface area contributed by atoms with Crippen molar-refractivity contribution in [3.63, 3.8) is 0 Å². The first-order chi connectivity index (χ1) is 5.67. The number of carbonyl (C=O) groups excluding carboxylic acids is 2. The Morgan fingerprint density at radius 3 is 2.50 bits per heavy atom. The van der Waals surface area contributed by atoms with Gasteiger partial charge in [-0.05, 0) is 13.3 Å². The zero-order valence-electron chi connectivity index (χ0n) is 7.25. The molecule has 0 N–H and O–H groups in total. The molecule has 0 fully saturated rings. The molecule has 70 valence electrons. The molecule has 0 aromatic rings. The quantitative estimate of drug-likeness (QED) is 0.414. The van der Waals surface area contributed by atoms with E-state index in [1.54, 1.807) is 6.92 Å². The monoisotopic (exact) mass is 236 g/mol. The number of hydrogen-bond donors (Lipinski definition) is 0. The number of rotatable bonds is 5. The Balaban J connectivity index is 4.13. The number of carbonyl (C=O) groups is 2. The van der Waals surface area contributed by atoms with Crippen LogP contribution in [0, 0.1) is 5.92 Å². The minimum absolute atomic E-state index is 0.311. The summed E-state index contributed by atoms with van der Waals surface area (Å²) in [6.07, 6.45) is 1.32. The molecule has 0 bridgehead atoms. The van der Waals surface area contributed by atoms with Crippen LogP contribution in [0.5, 0.6) is 0 Å². The third-order valence-electron chi connectivity index (χ3n) is 1.54. The van der Waals surface area contributed by atoms with Gasteiger partial charge in [0.1, 0.15) is 6.29 Å². The molecule has 0 aromatic carbocycles. The van der Waals surface area contributed by atoms with Crippen LogP contribution in [0.2, 0.25) is 0 Å². The van der Waals surface area contributed by atoms with E-state index < -0.39 is 4.83 Å². The highest BCUT2D eigenvalue weighted by molar-refractivity contribution is 9.10. The van der Waals surface area contributed by atoms with E-state index in [1.165, 1.54) is 0 Å². The molecule has 0 aliphatic carbocycles. The Labute approximate surface area is 80.6 Å². The number of alkyl halides is 1. The smallest absolute Gasteiger partial charge is 0.310 e. The molecule has 0 aliphatic heterocycles. The third kappa shape index (κ3) is 3.34. The molecule has 0 saturated carbocycles. The van der Waals surface area contributed by atoms with Crippen LogP contribution in [0.25, 0.3) is 0 Å². The third-order valence-corrected chi connectivity index (χ3v) is 2.40. The van der Waals surface area contributed by atoms with Gasteiger partial charge < -0.3 is 9.53 Å². The lowest BCUT2D eigenvalue weighted by atomic mass is 10.0. The summed E-state index contributed by atoms with van der Waals surface area (Å²) in [4.78, 5) is 21.1. The summed E-state index contributed by atoms with van der Waals surface area (Å²) in [6.45, 7) is 3.95. The summed E-state index contributed by atoms with van der Waals surface area (Å²) in [5.41, 5.74) is 0. The second-order valence-electron chi connectivity index (χ2n) is 2.35. The molecule has 0 saturated heterocycles. The summed E-state index contributed by atoms with van der Waals surface area (Å²) in [6, 6.07) is 0. The first-order valence-electron chi connectivity index (χ1n) is 3.93. The fourth-order valence-electron chi connectivity index (χ4n) is 0.866. The van der Waals surface area contributed by atoms with E-state index in [1.807, 2.05) is 6.92 Å². The van der Waals surface area contributed by atoms with E-state index in [2.05, 4.69) is 15.9 Å². The van der Waals surface area contributed by atoms with Crippen LogP contribution in [0.15, 0.2) is 0 Å². The Hall–Kier alpha value is -0.380. The Morgan fingerprint density at radius 2 is 2.17 bits per heavy atom. The summed E-state index contributed by atoms with van der Waals surface area (Å²) < 4.78 is 4.79. The largest absolute Gasteiger partial charge is 0.466 e. The molecule has 2 unspecified atom stereocenters. The van der Waals surface area contributed by atoms with Crippen molar-refractivity contribution in [1.82, 2.24) is 0 Å². The van der Waals surface area contributed by atoms with Gasteiger partial charge in [0.2, 0.25) is 0 Å². The van der Waals surface area contributed by atoms with Gasteiger partial charge in [0.15, 0.2) is 0 Å². The van der Waals surface area contributed by atoms with Crippen molar-refractivity contribution < 1.29 is 14.3 Å². The maximum absolute atomic E-state index is 11.2. The van der Waals surface area contributed by atoms with Crippen LogP contribution < -0.4 is 0 Å². The van der Waals surface area contributed by atoms with Crippen LogP contribution in [0.4, 0.5) is 0 Å². The van der Waals surface area contributed by atoms with Gasteiger partial charge >= 0.3 is 5.97 Å². The van der Waals surface area contributed by atoms with Crippen molar-refractivity contribution in [1.29, 1.82) is 0 Å². The molecule has 4 heteroatoms. The Bertz CT molecular complexity index is 158. The maximum atomic E-state index is 11.2. The van der Waals surface area contributed by atoms with Crippen LogP contribution in [0.3, 0.4) is 0 Å². The molecule has 0 aromatic heterocycles. The zero-order valence-corrected chi connectivity index (χ0v) is 8.83. The average molecular weight is 237 g/mol. The van der Waals surface area contributed by atoms with Crippen molar-refractivity contribution in [3.05, 3.63) is 0 Å². The average Bonchev–Trinajstić information content (AvgIpc) is 2.06. The van der Waals surface area contributed by atoms with Crippen molar-refractivity contribution in [3.8, 4) is 0 Å². The van der Waals surface area contributed by atoms with Crippen LogP contribution >= 0.6 is 15.9 Å². The fourth-order valence-corrected chi connectivity index (χ4v) is 1.46. The molecule has 0 radical (unpaired) electrons. The summed E-state index contributed by atoms with van der Waals surface area (Å²) in [5.74, 6) is -0.670. The number of aldehydes is 1. The predicted molar refractivity (Wildman–Crippen MR) is 49.2 cm³/mol. The highest BCUT2D eigenvalue weighted by Crippen LogP contribution is 2.16. The number of hydrogen-bond acceptors (Lipinski definition) is 3. The van der Waals surface area contributed by atoms with Crippen LogP contribution in [0.1, 0.15) is 20.3 Å². The Morgan fingerprint density at radius 1 is 1.58 bits per heavy atom. The normalized spacial score (nSPS) is 14.9. The fraction of sp³-hybridized carbons (Fsp3) is 0.750. The molecule has 0 rings (SSSR count). The molecular weight excluding hydrogens is 224 g/mol. The van der Waals surface area contributed by atoms with Gasteiger partial charge in [0.05, 0.1) is 17.4 Å². The van der Waals surface area contributed by atoms with Crippen molar-refractivity contribution in [2.45, 2.75) is 25.1 Å². The van der Waals surface area contributed by atoms with Gasteiger partial charge in [-0.1, -0.05) is 22.9 Å². The van der Waals surface area contributed by atoms with E-state index in [0.29, 0.717) is 19.3 Å². The van der Waals surface area contributed by atoms with Gasteiger partial charge in [0.25, 0.3) is 0 Å². The molecule has 3 nitrogen and oxygen atoms in total. The first-order valence-corrected chi connectivity index (χ1v) is 4.84. The highest BCUT2D eigenvalue weighted by atomic mass is 79.9. The van der Waals surface area contributed by atoms with Crippen LogP contribution in [-0.2, 0) is 14.3 Å². The second kappa shape index (κ2) is 6.17. The standard InChI is InChI=1S/C8H13BrO3/c1-3-6(7(9)5-10)8(11)12-4-2/h5-7H,3-4H2,1-2H3. The lowest BCUT2D eigenvalue weighted by molar-refractivity contribution is -0.148. The maximum Gasteiger partial charge on any atom is 0.310 e. The number of halogens is 1. The molecule has 0 heterocycles.